The highest BCUT2D eigenvalue weighted by atomic mass is 16.6. The number of piperazine rings is 1. The molecule has 1 saturated heterocycles. The molecule has 21 nitrogen and oxygen atoms in total. The molecule has 2 aliphatic heterocycles. The van der Waals surface area contributed by atoms with Gasteiger partial charge < -0.3 is 60.7 Å². The number of unbranched alkanes of at least 4 members (excludes halogenated alkanes) is 2. The van der Waals surface area contributed by atoms with E-state index < -0.39 is 48.2 Å². The van der Waals surface area contributed by atoms with Crippen molar-refractivity contribution >= 4 is 58.2 Å². The number of aliphatic hydroxyl groups excluding tert-OH is 3. The molecule has 2 aromatic carbocycles. The minimum Gasteiger partial charge on any atom is -0.485 e. The van der Waals surface area contributed by atoms with Gasteiger partial charge in [0.2, 0.25) is 17.8 Å². The molecule has 1 saturated carbocycles. The van der Waals surface area contributed by atoms with Crippen molar-refractivity contribution in [2.45, 2.75) is 103 Å². The number of amides is 5. The maximum atomic E-state index is 13.3. The van der Waals surface area contributed by atoms with E-state index in [0.29, 0.717) is 38.3 Å². The van der Waals surface area contributed by atoms with Gasteiger partial charge in [-0.05, 0) is 66.6 Å². The number of carbonyl (C=O) groups excluding carboxylic acids is 5. The van der Waals surface area contributed by atoms with Gasteiger partial charge in [-0.3, -0.25) is 29.0 Å². The van der Waals surface area contributed by atoms with Gasteiger partial charge in [-0.2, -0.15) is 4.98 Å². The molecule has 5 amide bonds. The Morgan fingerprint density at radius 1 is 0.845 bits per heavy atom. The standard InChI is InChI=1S/C50H66N10O11/c1-3-4-5-17-53-48-45-36(55-49(51)56-48)15-19-59(45)30-35-8-6-33(27-32(35)2)29-57-20-22-58(23-21-57)50(68)70-31-34-7-10-39(71-40-11-9-38(61)46(66)47(40)67)37(28-34)54-42(63)14-18-52-41(62)16-25-69-26-24-60-43(64)12-13-44(60)65/h6-8,10,12-13,15,19,27-28,38,40,46-47,61,66-67H,3-5,9,11,14,16-18,20-26,29-31H2,1-2H3,(H,52,62)(H,54,63)(H3,51,53,55,56)/t38-,40-,46+,47+/m1/s1. The summed E-state index contributed by atoms with van der Waals surface area (Å²) >= 11 is 0. The van der Waals surface area contributed by atoms with Gasteiger partial charge in [0.1, 0.15) is 36.2 Å². The number of fused-ring (bicyclic) bond motifs is 1. The van der Waals surface area contributed by atoms with Gasteiger partial charge in [-0.1, -0.05) is 44.0 Å². The second-order valence-corrected chi connectivity index (χ2v) is 18.1. The number of nitrogens with zero attached hydrogens (tertiary/aromatic N) is 6. The van der Waals surface area contributed by atoms with Crippen LogP contribution in [0.15, 0.2) is 60.8 Å². The summed E-state index contributed by atoms with van der Waals surface area (Å²) in [5.41, 5.74) is 12.0. The number of nitrogens with two attached hydrogens (primary N) is 1. The summed E-state index contributed by atoms with van der Waals surface area (Å²) in [6.07, 6.45) is 2.77. The quantitative estimate of drug-likeness (QED) is 0.0416. The average Bonchev–Trinajstić information content (AvgIpc) is 3.91. The minimum absolute atomic E-state index is 0.00347. The number of aliphatic hydroxyl groups is 3. The van der Waals surface area contributed by atoms with Crippen molar-refractivity contribution in [2.24, 2.45) is 0 Å². The zero-order chi connectivity index (χ0) is 50.4. The molecule has 71 heavy (non-hydrogen) atoms. The molecule has 8 N–H and O–H groups in total. The molecule has 0 radical (unpaired) electrons. The fourth-order valence-corrected chi connectivity index (χ4v) is 8.74. The molecule has 0 unspecified atom stereocenters. The molecule has 3 aliphatic rings. The van der Waals surface area contributed by atoms with Crippen LogP contribution in [0.2, 0.25) is 0 Å². The van der Waals surface area contributed by atoms with Gasteiger partial charge in [0.25, 0.3) is 11.8 Å². The Balaban J connectivity index is 0.876. The number of imide groups is 1. The van der Waals surface area contributed by atoms with Crippen LogP contribution in [0.3, 0.4) is 0 Å². The first-order chi connectivity index (χ1) is 34.3. The molecule has 382 valence electrons. The smallest absolute Gasteiger partial charge is 0.410 e. The monoisotopic (exact) mass is 982 g/mol. The van der Waals surface area contributed by atoms with E-state index in [1.165, 1.54) is 28.8 Å². The maximum Gasteiger partial charge on any atom is 0.410 e. The lowest BCUT2D eigenvalue weighted by Gasteiger charge is -2.35. The first-order valence-corrected chi connectivity index (χ1v) is 24.4. The van der Waals surface area contributed by atoms with E-state index >= 15 is 0 Å². The van der Waals surface area contributed by atoms with Crippen LogP contribution in [-0.4, -0.2) is 158 Å². The number of carbonyl (C=O) groups is 5. The van der Waals surface area contributed by atoms with E-state index in [1.807, 2.05) is 12.3 Å². The van der Waals surface area contributed by atoms with Crippen molar-refractivity contribution in [1.82, 2.24) is 34.6 Å². The van der Waals surface area contributed by atoms with Crippen molar-refractivity contribution in [3.63, 3.8) is 0 Å². The van der Waals surface area contributed by atoms with E-state index in [0.717, 1.165) is 54.1 Å². The molecule has 0 bridgehead atoms. The Kier molecular flexibility index (Phi) is 18.3. The largest absolute Gasteiger partial charge is 0.485 e. The van der Waals surface area contributed by atoms with E-state index in [9.17, 15) is 39.3 Å². The molecule has 1 aliphatic carbocycles. The van der Waals surface area contributed by atoms with E-state index in [1.54, 1.807) is 23.1 Å². The molecular weight excluding hydrogens is 917 g/mol. The summed E-state index contributed by atoms with van der Waals surface area (Å²) in [7, 11) is 0. The normalized spacial score (nSPS) is 19.3. The SMILES string of the molecule is CCCCCNc1nc(N)nc2ccn(Cc3ccc(CN4CCN(C(=O)OCc5ccc(O[C@@H]6CC[C@@H](O)[C@H](O)[C@H]6O)c(NC(=O)CCNC(=O)CCOCCN6C(=O)C=CC6=O)c5)CC4)cc3C)c12. The number of hydrogen-bond acceptors (Lipinski definition) is 16. The molecule has 4 heterocycles. The van der Waals surface area contributed by atoms with Crippen LogP contribution in [-0.2, 0) is 48.3 Å². The number of aryl methyl sites for hydroxylation is 1. The maximum absolute atomic E-state index is 13.3. The number of aromatic nitrogens is 3. The lowest BCUT2D eigenvalue weighted by molar-refractivity contribution is -0.138. The minimum atomic E-state index is -1.41. The number of benzene rings is 2. The second kappa shape index (κ2) is 25.0. The highest BCUT2D eigenvalue weighted by molar-refractivity contribution is 6.12. The highest BCUT2D eigenvalue weighted by Gasteiger charge is 2.38. The molecule has 4 atom stereocenters. The van der Waals surface area contributed by atoms with Crippen LogP contribution in [0, 0.1) is 6.92 Å². The van der Waals surface area contributed by atoms with Gasteiger partial charge in [0, 0.05) is 83.5 Å². The third-order valence-corrected chi connectivity index (χ3v) is 12.8. The number of hydrogen-bond donors (Lipinski definition) is 7. The molecule has 21 heteroatoms. The van der Waals surface area contributed by atoms with Crippen molar-refractivity contribution in [2.75, 3.05) is 75.4 Å². The number of nitrogen functional groups attached to an aromatic ring is 1. The van der Waals surface area contributed by atoms with Crippen LogP contribution in [0.1, 0.15) is 74.1 Å². The Bertz CT molecular complexity index is 2530. The fourth-order valence-electron chi connectivity index (χ4n) is 8.74. The summed E-state index contributed by atoms with van der Waals surface area (Å²) in [6, 6.07) is 13.3. The zero-order valence-corrected chi connectivity index (χ0v) is 40.4. The summed E-state index contributed by atoms with van der Waals surface area (Å²) < 4.78 is 19.4. The van der Waals surface area contributed by atoms with Crippen LogP contribution < -0.4 is 26.4 Å². The summed E-state index contributed by atoms with van der Waals surface area (Å²) in [6.45, 7) is 8.82. The van der Waals surface area contributed by atoms with E-state index in [2.05, 4.69) is 67.4 Å². The van der Waals surface area contributed by atoms with Crippen molar-refractivity contribution in [3.8, 4) is 5.75 Å². The first kappa shape index (κ1) is 52.2. The lowest BCUT2D eigenvalue weighted by atomic mass is 9.89. The fraction of sp³-hybridized carbons (Fsp3) is 0.500. The molecule has 7 rings (SSSR count). The number of rotatable bonds is 23. The predicted molar refractivity (Wildman–Crippen MR) is 263 cm³/mol. The summed E-state index contributed by atoms with van der Waals surface area (Å²) in [4.78, 5) is 76.1. The van der Waals surface area contributed by atoms with Gasteiger partial charge in [0.15, 0.2) is 5.82 Å². The first-order valence-electron chi connectivity index (χ1n) is 24.4. The Hall–Kier alpha value is -6.65. The van der Waals surface area contributed by atoms with Crippen LogP contribution in [0.4, 0.5) is 22.2 Å². The third kappa shape index (κ3) is 14.3. The van der Waals surface area contributed by atoms with Crippen LogP contribution in [0.25, 0.3) is 11.0 Å². The third-order valence-electron chi connectivity index (χ3n) is 12.8. The Morgan fingerprint density at radius 2 is 1.62 bits per heavy atom. The number of anilines is 3. The topological polar surface area (TPSA) is 276 Å². The molecule has 0 spiro atoms. The number of nitrogens with one attached hydrogen (secondary N) is 3. The molecule has 2 fully saturated rings. The Labute approximate surface area is 412 Å². The molecular formula is C50H66N10O11. The van der Waals surface area contributed by atoms with Crippen LogP contribution >= 0.6 is 0 Å². The van der Waals surface area contributed by atoms with Crippen molar-refractivity contribution in [3.05, 3.63) is 83.1 Å². The predicted octanol–water partition coefficient (Wildman–Crippen LogP) is 2.83. The Morgan fingerprint density at radius 3 is 2.38 bits per heavy atom. The molecule has 4 aromatic rings. The summed E-state index contributed by atoms with van der Waals surface area (Å²) in [5.74, 6) is -0.487. The summed E-state index contributed by atoms with van der Waals surface area (Å²) in [5, 5.41) is 39.9. The van der Waals surface area contributed by atoms with Gasteiger partial charge in [-0.15, -0.1) is 0 Å². The van der Waals surface area contributed by atoms with Gasteiger partial charge in [0.05, 0.1) is 37.1 Å². The second-order valence-electron chi connectivity index (χ2n) is 18.1. The highest BCUT2D eigenvalue weighted by Crippen LogP contribution is 2.32. The number of ether oxygens (including phenoxy) is 3. The van der Waals surface area contributed by atoms with Crippen molar-refractivity contribution in [1.29, 1.82) is 0 Å². The van der Waals surface area contributed by atoms with Crippen LogP contribution in [0.5, 0.6) is 5.75 Å². The lowest BCUT2D eigenvalue weighted by Crippen LogP contribution is -2.51. The van der Waals surface area contributed by atoms with E-state index in [4.69, 9.17) is 19.9 Å². The average molecular weight is 983 g/mol. The molecule has 2 aromatic heterocycles. The zero-order valence-electron chi connectivity index (χ0n) is 40.4. The van der Waals surface area contributed by atoms with E-state index in [-0.39, 0.29) is 81.9 Å². The van der Waals surface area contributed by atoms with Gasteiger partial charge >= 0.3 is 6.09 Å². The van der Waals surface area contributed by atoms with Crippen molar-refractivity contribution < 1.29 is 53.5 Å². The van der Waals surface area contributed by atoms with Gasteiger partial charge in [-0.25, -0.2) is 9.78 Å².